The third kappa shape index (κ3) is 7.09. The second-order valence-corrected chi connectivity index (χ2v) is 6.86. The topological polar surface area (TPSA) is 61.4 Å². The van der Waals surface area contributed by atoms with Gasteiger partial charge in [-0.05, 0) is 31.2 Å². The monoisotopic (exact) mass is 428 g/mol. The Morgan fingerprint density at radius 1 is 1.33 bits per heavy atom. The molecule has 0 saturated carbocycles. The van der Waals surface area contributed by atoms with Crippen LogP contribution in [-0.4, -0.2) is 17.8 Å². The maximum Gasteiger partial charge on any atom is 0.338 e. The van der Waals surface area contributed by atoms with Crippen molar-refractivity contribution in [3.63, 3.8) is 0 Å². The van der Waals surface area contributed by atoms with E-state index < -0.39 is 12.6 Å². The fourth-order valence-electron chi connectivity index (χ4n) is 1.84. The summed E-state index contributed by atoms with van der Waals surface area (Å²) in [7, 11) is 0. The molecule has 0 amide bonds. The van der Waals surface area contributed by atoms with Crippen molar-refractivity contribution in [2.75, 3.05) is 17.3 Å². The fourth-order valence-corrected chi connectivity index (χ4v) is 3.38. The number of para-hydroxylation sites is 1. The Labute approximate surface area is 171 Å². The summed E-state index contributed by atoms with van der Waals surface area (Å²) in [6.07, 6.45) is 4.89. The highest BCUT2D eigenvalue weighted by atomic mass is 35.5. The van der Waals surface area contributed by atoms with Gasteiger partial charge in [0.05, 0.1) is 21.3 Å². The minimum absolute atomic E-state index is 0.177. The van der Waals surface area contributed by atoms with Crippen molar-refractivity contribution >= 4 is 57.3 Å². The first-order valence-corrected chi connectivity index (χ1v) is 9.24. The first kappa shape index (κ1) is 22.8. The SMILES string of the molecule is C=C(Nc1sc(/C=C/C)cc1C(=O)O)Nc1c(Cl)cccc1Cl.C=CCF. The van der Waals surface area contributed by atoms with Gasteiger partial charge in [-0.1, -0.05) is 48.0 Å². The van der Waals surface area contributed by atoms with Crippen LogP contribution in [0.25, 0.3) is 6.08 Å². The molecule has 0 aliphatic carbocycles. The number of hydrogen-bond acceptors (Lipinski definition) is 4. The molecule has 0 fully saturated rings. The van der Waals surface area contributed by atoms with E-state index in [9.17, 15) is 14.3 Å². The van der Waals surface area contributed by atoms with Crippen LogP contribution in [0.2, 0.25) is 10.0 Å². The Morgan fingerprint density at radius 2 is 1.93 bits per heavy atom. The number of halogens is 3. The van der Waals surface area contributed by atoms with Crippen molar-refractivity contribution in [1.82, 2.24) is 0 Å². The lowest BCUT2D eigenvalue weighted by atomic mass is 10.3. The number of allylic oxidation sites excluding steroid dienone is 2. The van der Waals surface area contributed by atoms with Gasteiger partial charge in [-0.15, -0.1) is 17.9 Å². The van der Waals surface area contributed by atoms with Crippen LogP contribution in [0.4, 0.5) is 15.1 Å². The average molecular weight is 429 g/mol. The number of rotatable bonds is 7. The molecule has 0 aliphatic heterocycles. The minimum atomic E-state index is -1.01. The minimum Gasteiger partial charge on any atom is -0.478 e. The highest BCUT2D eigenvalue weighted by Crippen LogP contribution is 2.33. The third-order valence-corrected chi connectivity index (χ3v) is 4.57. The van der Waals surface area contributed by atoms with Crippen molar-refractivity contribution < 1.29 is 14.3 Å². The van der Waals surface area contributed by atoms with Gasteiger partial charge in [-0.25, -0.2) is 9.18 Å². The smallest absolute Gasteiger partial charge is 0.338 e. The normalized spacial score (nSPS) is 10.1. The molecule has 0 bridgehead atoms. The molecule has 2 aromatic rings. The van der Waals surface area contributed by atoms with Crippen LogP contribution in [0.5, 0.6) is 0 Å². The second-order valence-electron chi connectivity index (χ2n) is 4.96. The van der Waals surface area contributed by atoms with E-state index in [4.69, 9.17) is 23.2 Å². The van der Waals surface area contributed by atoms with Crippen molar-refractivity contribution in [2.45, 2.75) is 6.92 Å². The van der Waals surface area contributed by atoms with Gasteiger partial charge < -0.3 is 15.7 Å². The molecule has 144 valence electrons. The van der Waals surface area contributed by atoms with Gasteiger partial charge in [-0.3, -0.25) is 0 Å². The van der Waals surface area contributed by atoms with Gasteiger partial charge in [-0.2, -0.15) is 0 Å². The summed E-state index contributed by atoms with van der Waals surface area (Å²) in [5.74, 6) is -0.639. The average Bonchev–Trinajstić information content (AvgIpc) is 3.01. The standard InChI is InChI=1S/C16H14Cl2N2O2S.C3H5F/c1-3-5-10-8-11(16(21)22)15(23-10)20-9(2)19-14-12(17)6-4-7-13(14)18;1-2-3-4/h3-8,19-20H,2H2,1H3,(H,21,22);2H,1,3H2/b5-3+;. The van der Waals surface area contributed by atoms with E-state index in [1.807, 2.05) is 19.1 Å². The molecule has 0 aliphatic rings. The van der Waals surface area contributed by atoms with Crippen LogP contribution in [0, 0.1) is 0 Å². The highest BCUT2D eigenvalue weighted by Gasteiger charge is 2.15. The zero-order chi connectivity index (χ0) is 20.4. The number of benzene rings is 1. The quantitative estimate of drug-likeness (QED) is 0.418. The van der Waals surface area contributed by atoms with Crippen LogP contribution >= 0.6 is 34.5 Å². The Hall–Kier alpha value is -2.28. The summed E-state index contributed by atoms with van der Waals surface area (Å²) >= 11 is 13.5. The molecule has 0 unspecified atom stereocenters. The van der Waals surface area contributed by atoms with Gasteiger partial charge in [0.15, 0.2) is 0 Å². The van der Waals surface area contributed by atoms with Crippen LogP contribution < -0.4 is 10.6 Å². The molecule has 1 aromatic carbocycles. The second kappa shape index (κ2) is 11.4. The van der Waals surface area contributed by atoms with E-state index in [1.165, 1.54) is 17.4 Å². The number of carbonyl (C=O) groups is 1. The molecular weight excluding hydrogens is 410 g/mol. The lowest BCUT2D eigenvalue weighted by Crippen LogP contribution is -2.10. The molecule has 0 atom stereocenters. The first-order valence-electron chi connectivity index (χ1n) is 7.67. The van der Waals surface area contributed by atoms with E-state index in [-0.39, 0.29) is 5.56 Å². The number of nitrogens with one attached hydrogen (secondary N) is 2. The van der Waals surface area contributed by atoms with Gasteiger partial charge in [0.1, 0.15) is 17.5 Å². The van der Waals surface area contributed by atoms with Crippen molar-refractivity contribution in [2.24, 2.45) is 0 Å². The molecule has 27 heavy (non-hydrogen) atoms. The first-order chi connectivity index (χ1) is 12.8. The van der Waals surface area contributed by atoms with E-state index >= 15 is 0 Å². The van der Waals surface area contributed by atoms with Crippen LogP contribution in [-0.2, 0) is 0 Å². The van der Waals surface area contributed by atoms with E-state index in [1.54, 1.807) is 24.3 Å². The largest absolute Gasteiger partial charge is 0.478 e. The molecule has 0 radical (unpaired) electrons. The van der Waals surface area contributed by atoms with Gasteiger partial charge in [0, 0.05) is 4.88 Å². The molecule has 0 spiro atoms. The van der Waals surface area contributed by atoms with E-state index in [0.29, 0.717) is 26.6 Å². The molecule has 2 rings (SSSR count). The summed E-state index contributed by atoms with van der Waals surface area (Å²) in [6.45, 7) is 8.40. The van der Waals surface area contributed by atoms with Gasteiger partial charge >= 0.3 is 5.97 Å². The molecule has 0 saturated heterocycles. The lowest BCUT2D eigenvalue weighted by Gasteiger charge is -2.14. The highest BCUT2D eigenvalue weighted by molar-refractivity contribution is 7.17. The molecular formula is C19H19Cl2FN2O2S. The summed E-state index contributed by atoms with van der Waals surface area (Å²) in [5.41, 5.74) is 0.687. The van der Waals surface area contributed by atoms with Crippen LogP contribution in [0.15, 0.2) is 55.4 Å². The number of alkyl halides is 1. The van der Waals surface area contributed by atoms with Gasteiger partial charge in [0.2, 0.25) is 0 Å². The maximum atomic E-state index is 11.3. The van der Waals surface area contributed by atoms with Crippen LogP contribution in [0.1, 0.15) is 22.2 Å². The van der Waals surface area contributed by atoms with E-state index in [2.05, 4.69) is 23.8 Å². The predicted octanol–water partition coefficient (Wildman–Crippen LogP) is 6.92. The number of anilines is 2. The number of carboxylic acids is 1. The number of thiophene rings is 1. The Morgan fingerprint density at radius 3 is 2.41 bits per heavy atom. The van der Waals surface area contributed by atoms with Crippen molar-refractivity contribution in [1.29, 1.82) is 0 Å². The lowest BCUT2D eigenvalue weighted by molar-refractivity contribution is 0.0698. The zero-order valence-electron chi connectivity index (χ0n) is 14.6. The summed E-state index contributed by atoms with van der Waals surface area (Å²) < 4.78 is 10.6. The summed E-state index contributed by atoms with van der Waals surface area (Å²) in [4.78, 5) is 12.2. The summed E-state index contributed by atoms with van der Waals surface area (Å²) in [6, 6.07) is 6.73. The van der Waals surface area contributed by atoms with E-state index in [0.717, 1.165) is 4.88 Å². The molecule has 3 N–H and O–H groups in total. The number of aromatic carboxylic acids is 1. The van der Waals surface area contributed by atoms with Crippen molar-refractivity contribution in [3.05, 3.63) is 75.9 Å². The molecule has 8 heteroatoms. The maximum absolute atomic E-state index is 11.3. The zero-order valence-corrected chi connectivity index (χ0v) is 16.9. The van der Waals surface area contributed by atoms with Gasteiger partial charge in [0.25, 0.3) is 0 Å². The molecule has 4 nitrogen and oxygen atoms in total. The third-order valence-electron chi connectivity index (χ3n) is 2.92. The number of carboxylic acid groups (broad SMARTS) is 1. The Kier molecular flexibility index (Phi) is 9.64. The molecule has 1 heterocycles. The number of hydrogen-bond donors (Lipinski definition) is 3. The van der Waals surface area contributed by atoms with Crippen LogP contribution in [0.3, 0.4) is 0 Å². The Bertz CT molecular complexity index is 830. The predicted molar refractivity (Wildman–Crippen MR) is 115 cm³/mol. The Balaban J connectivity index is 0.000000828. The summed E-state index contributed by atoms with van der Waals surface area (Å²) in [5, 5.41) is 16.6. The van der Waals surface area contributed by atoms with Crippen molar-refractivity contribution in [3.8, 4) is 0 Å². The molecule has 1 aromatic heterocycles. The fraction of sp³-hybridized carbons (Fsp3) is 0.105.